The van der Waals surface area contributed by atoms with Gasteiger partial charge >= 0.3 is 11.9 Å². The van der Waals surface area contributed by atoms with Crippen LogP contribution in [0.15, 0.2) is 69.3 Å². The van der Waals surface area contributed by atoms with Crippen molar-refractivity contribution in [1.29, 1.82) is 0 Å². The molecule has 3 N–H and O–H groups in total. The fraction of sp³-hybridized carbons (Fsp3) is 0.0909. The zero-order valence-electron chi connectivity index (χ0n) is 19.3. The van der Waals surface area contributed by atoms with Gasteiger partial charge in [-0.05, 0) is 60.5 Å². The molecule has 0 bridgehead atoms. The van der Waals surface area contributed by atoms with E-state index in [0.29, 0.717) is 29.6 Å². The molecule has 0 aromatic heterocycles. The lowest BCUT2D eigenvalue weighted by atomic mass is 10.0. The number of carbonyl (C=O) groups excluding carboxylic acids is 2. The number of rotatable bonds is 11. The van der Waals surface area contributed by atoms with Crippen molar-refractivity contribution >= 4 is 46.1 Å². The van der Waals surface area contributed by atoms with E-state index in [9.17, 15) is 22.6 Å². The zero-order chi connectivity index (χ0) is 27.9. The van der Waals surface area contributed by atoms with Crippen molar-refractivity contribution in [2.45, 2.75) is 21.6 Å². The van der Waals surface area contributed by atoms with Gasteiger partial charge in [0, 0.05) is 5.56 Å². The lowest BCUT2D eigenvalue weighted by Crippen LogP contribution is -2.11. The highest BCUT2D eigenvalue weighted by atomic mass is 32.2. The monoisotopic (exact) mass is 586 g/mol. The minimum Gasteiger partial charge on any atom is -0.465 e. The lowest BCUT2D eigenvalue weighted by molar-refractivity contribution is -0.432. The van der Waals surface area contributed by atoms with E-state index in [0.717, 1.165) is 0 Å². The van der Waals surface area contributed by atoms with Crippen molar-refractivity contribution in [3.63, 3.8) is 0 Å². The normalized spacial score (nSPS) is 11.3. The highest BCUT2D eigenvalue weighted by molar-refractivity contribution is 7.95. The second-order valence-corrected chi connectivity index (χ2v) is 10.1. The van der Waals surface area contributed by atoms with Gasteiger partial charge in [-0.2, -0.15) is 8.42 Å². The molecule has 0 aliphatic rings. The molecule has 3 aromatic carbocycles. The second kappa shape index (κ2) is 13.2. The van der Waals surface area contributed by atoms with E-state index in [2.05, 4.69) is 23.5 Å². The summed E-state index contributed by atoms with van der Waals surface area (Å²) in [5, 5.41) is 24.3. The lowest BCUT2D eigenvalue weighted by Gasteiger charge is -2.14. The van der Waals surface area contributed by atoms with E-state index < -0.39 is 22.1 Å². The van der Waals surface area contributed by atoms with Gasteiger partial charge in [0.1, 0.15) is 10.6 Å². The van der Waals surface area contributed by atoms with E-state index in [-0.39, 0.29) is 42.7 Å². The summed E-state index contributed by atoms with van der Waals surface area (Å²) >= 11 is 0.882. The fourth-order valence-electron chi connectivity index (χ4n) is 3.19. The van der Waals surface area contributed by atoms with Crippen LogP contribution >= 0.6 is 24.1 Å². The van der Waals surface area contributed by atoms with Crippen LogP contribution in [0.4, 0.5) is 0 Å². The predicted octanol–water partition coefficient (Wildman–Crippen LogP) is 4.77. The Morgan fingerprint density at radius 2 is 1.47 bits per heavy atom. The van der Waals surface area contributed by atoms with Gasteiger partial charge in [0.05, 0.1) is 52.1 Å². The van der Waals surface area contributed by atoms with E-state index in [4.69, 9.17) is 15.3 Å². The first-order valence-corrected chi connectivity index (χ1v) is 13.0. The molecule has 0 saturated carbocycles. The first-order valence-electron chi connectivity index (χ1n) is 10.1. The van der Waals surface area contributed by atoms with Crippen molar-refractivity contribution in [1.82, 2.24) is 0 Å². The summed E-state index contributed by atoms with van der Waals surface area (Å²) in [6, 6.07) is 12.2. The summed E-state index contributed by atoms with van der Waals surface area (Å²) in [4.78, 5) is 24.5. The van der Waals surface area contributed by atoms with Gasteiger partial charge in [-0.3, -0.25) is 4.55 Å². The zero-order valence-corrected chi connectivity index (χ0v) is 21.8. The molecule has 0 unspecified atom stereocenters. The van der Waals surface area contributed by atoms with Crippen LogP contribution in [0.1, 0.15) is 26.3 Å². The van der Waals surface area contributed by atoms with Crippen LogP contribution in [0.5, 0.6) is 5.75 Å². The number of aryl methyl sites for hydroxylation is 1. The van der Waals surface area contributed by atoms with Crippen LogP contribution in [0.25, 0.3) is 11.1 Å². The number of benzene rings is 3. The van der Waals surface area contributed by atoms with E-state index in [1.165, 1.54) is 55.6 Å². The molecule has 38 heavy (non-hydrogen) atoms. The summed E-state index contributed by atoms with van der Waals surface area (Å²) in [5.74, 6) is -1.65. The topological polar surface area (TPSA) is 184 Å². The summed E-state index contributed by atoms with van der Waals surface area (Å²) in [6.45, 7) is 1.64. The Kier molecular flexibility index (Phi) is 10.2. The molecular formula is C22H18O13S3. The third kappa shape index (κ3) is 7.29. The maximum atomic E-state index is 12.9. The number of esters is 2. The Bertz CT molecular complexity index is 1440. The highest BCUT2D eigenvalue weighted by Gasteiger charge is 2.22. The van der Waals surface area contributed by atoms with Gasteiger partial charge in [-0.15, -0.1) is 8.67 Å². The quantitative estimate of drug-likeness (QED) is 0.0696. The van der Waals surface area contributed by atoms with Crippen molar-refractivity contribution < 1.29 is 61.3 Å². The van der Waals surface area contributed by atoms with Crippen LogP contribution in [0.3, 0.4) is 0 Å². The number of carbonyl (C=O) groups is 2. The molecule has 3 rings (SSSR count). The standard InChI is InChI=1S/C22H18O13S3/c1-12-3-6-16(20(9-12)38(27,28)29)15-8-5-14(11-19(15)37-35-33-26)31-22(24)17-7-4-13(21(23)30-2)10-18(17)36-34-32-25/h3-11,25-26H,1-2H3,(H,27,28,29). The SMILES string of the molecule is COC(=O)c1ccc(C(=O)Oc2ccc(-c3ccc(C)cc3S(=O)(=O)O)c(SOOO)c2)c(SOOO)c1. The summed E-state index contributed by atoms with van der Waals surface area (Å²) < 4.78 is 52.6. The van der Waals surface area contributed by atoms with Gasteiger partial charge in [0.2, 0.25) is 0 Å². The van der Waals surface area contributed by atoms with Crippen LogP contribution in [-0.4, -0.2) is 42.5 Å². The molecule has 0 fully saturated rings. The largest absolute Gasteiger partial charge is 0.465 e. The van der Waals surface area contributed by atoms with Gasteiger partial charge in [0.15, 0.2) is 0 Å². The Labute approximate surface area is 224 Å². The third-order valence-corrected chi connectivity index (χ3v) is 6.99. The van der Waals surface area contributed by atoms with E-state index in [1.807, 2.05) is 0 Å². The van der Waals surface area contributed by atoms with Gasteiger partial charge in [-0.25, -0.2) is 20.1 Å². The number of ether oxygens (including phenoxy) is 2. The molecule has 202 valence electrons. The van der Waals surface area contributed by atoms with Crippen LogP contribution in [-0.2, 0) is 33.6 Å². The van der Waals surface area contributed by atoms with Gasteiger partial charge in [0.25, 0.3) is 10.1 Å². The maximum absolute atomic E-state index is 12.9. The smallest absolute Gasteiger partial charge is 0.344 e. The summed E-state index contributed by atoms with van der Waals surface area (Å²) in [5.41, 5.74) is 0.883. The predicted molar refractivity (Wildman–Crippen MR) is 130 cm³/mol. The molecule has 0 atom stereocenters. The first-order chi connectivity index (χ1) is 18.1. The Morgan fingerprint density at radius 1 is 0.816 bits per heavy atom. The molecule has 0 saturated heterocycles. The first kappa shape index (κ1) is 29.5. The Balaban J connectivity index is 2.01. The minimum absolute atomic E-state index is 0.0348. The number of methoxy groups -OCH3 is 1. The maximum Gasteiger partial charge on any atom is 0.344 e. The molecule has 0 amide bonds. The molecule has 3 aromatic rings. The number of hydrogen-bond acceptors (Lipinski definition) is 14. The molecule has 0 aliphatic carbocycles. The van der Waals surface area contributed by atoms with Crippen LogP contribution < -0.4 is 4.74 Å². The van der Waals surface area contributed by atoms with Crippen molar-refractivity contribution in [3.8, 4) is 16.9 Å². The summed E-state index contributed by atoms with van der Waals surface area (Å²) in [6.07, 6.45) is 0. The van der Waals surface area contributed by atoms with Gasteiger partial charge in [-0.1, -0.05) is 22.2 Å². The molecule has 0 heterocycles. The number of hydrogen-bond donors (Lipinski definition) is 3. The molecule has 16 heteroatoms. The summed E-state index contributed by atoms with van der Waals surface area (Å²) in [7, 11) is -3.45. The van der Waals surface area contributed by atoms with E-state index in [1.54, 1.807) is 13.0 Å². The third-order valence-electron chi connectivity index (χ3n) is 4.80. The van der Waals surface area contributed by atoms with Crippen molar-refractivity contribution in [2.24, 2.45) is 0 Å². The minimum atomic E-state index is -4.62. The Hall–Kier alpha value is -3.03. The molecule has 0 spiro atoms. The molecular weight excluding hydrogens is 568 g/mol. The fourth-order valence-corrected chi connectivity index (χ4v) is 5.04. The molecule has 0 radical (unpaired) electrons. The van der Waals surface area contributed by atoms with Crippen LogP contribution in [0, 0.1) is 6.92 Å². The average molecular weight is 587 g/mol. The van der Waals surface area contributed by atoms with Crippen molar-refractivity contribution in [2.75, 3.05) is 7.11 Å². The van der Waals surface area contributed by atoms with Crippen LogP contribution in [0.2, 0.25) is 0 Å². The second-order valence-electron chi connectivity index (χ2n) is 7.18. The molecule has 0 aliphatic heterocycles. The molecule has 13 nitrogen and oxygen atoms in total. The Morgan fingerprint density at radius 3 is 2.11 bits per heavy atom. The average Bonchev–Trinajstić information content (AvgIpc) is 2.89. The van der Waals surface area contributed by atoms with E-state index >= 15 is 0 Å². The van der Waals surface area contributed by atoms with Gasteiger partial charge < -0.3 is 9.47 Å². The van der Waals surface area contributed by atoms with Crippen molar-refractivity contribution in [3.05, 3.63) is 71.3 Å². The highest BCUT2D eigenvalue weighted by Crippen LogP contribution is 2.38.